The molecule has 2 aromatic rings. The molecule has 0 atom stereocenters. The molecule has 0 saturated heterocycles. The Morgan fingerprint density at radius 3 is 2.50 bits per heavy atom. The van der Waals surface area contributed by atoms with Gasteiger partial charge in [-0.3, -0.25) is 9.10 Å². The maximum absolute atomic E-state index is 13.3. The van der Waals surface area contributed by atoms with Crippen LogP contribution in [0.3, 0.4) is 0 Å². The highest BCUT2D eigenvalue weighted by molar-refractivity contribution is 7.92. The Kier molecular flexibility index (Phi) is 7.42. The third-order valence-electron chi connectivity index (χ3n) is 4.68. The largest absolute Gasteiger partial charge is 0.497 e. The van der Waals surface area contributed by atoms with E-state index in [-0.39, 0.29) is 28.1 Å². The Hall–Kier alpha value is -3.04. The van der Waals surface area contributed by atoms with Crippen molar-refractivity contribution >= 4 is 39.2 Å². The number of hydrogen-bond acceptors (Lipinski definition) is 6. The molecule has 0 spiro atoms. The van der Waals surface area contributed by atoms with Crippen molar-refractivity contribution in [2.24, 2.45) is 0 Å². The molecule has 1 N–H and O–H groups in total. The summed E-state index contributed by atoms with van der Waals surface area (Å²) in [6.45, 7) is 3.15. The molecule has 10 heteroatoms. The van der Waals surface area contributed by atoms with Gasteiger partial charge in [-0.1, -0.05) is 17.7 Å². The summed E-state index contributed by atoms with van der Waals surface area (Å²) in [6, 6.07) is 10.3. The number of hydrogen-bond donors (Lipinski definition) is 1. The van der Waals surface area contributed by atoms with Gasteiger partial charge in [0, 0.05) is 6.04 Å². The number of anilines is 1. The van der Waals surface area contributed by atoms with Crippen LogP contribution in [0.25, 0.3) is 0 Å². The van der Waals surface area contributed by atoms with Crippen LogP contribution < -0.4 is 14.4 Å². The zero-order chi connectivity index (χ0) is 23.3. The summed E-state index contributed by atoms with van der Waals surface area (Å²) >= 11 is 6.10. The highest BCUT2D eigenvalue weighted by Gasteiger charge is 2.27. The van der Waals surface area contributed by atoms with Crippen LogP contribution in [0.5, 0.6) is 5.75 Å². The fourth-order valence-electron chi connectivity index (χ4n) is 2.86. The van der Waals surface area contributed by atoms with Gasteiger partial charge in [-0.15, -0.1) is 6.58 Å². The van der Waals surface area contributed by atoms with E-state index >= 15 is 0 Å². The van der Waals surface area contributed by atoms with Gasteiger partial charge < -0.3 is 14.8 Å². The molecule has 1 saturated carbocycles. The number of carbonyl (C=O) groups is 2. The number of nitrogens with one attached hydrogen (secondary N) is 1. The number of ether oxygens (including phenoxy) is 2. The first-order valence-corrected chi connectivity index (χ1v) is 11.6. The molecule has 1 fully saturated rings. The number of sulfonamides is 1. The summed E-state index contributed by atoms with van der Waals surface area (Å²) in [5, 5.41) is 2.71. The van der Waals surface area contributed by atoms with Gasteiger partial charge in [-0.2, -0.15) is 0 Å². The van der Waals surface area contributed by atoms with Gasteiger partial charge in [0.05, 0.1) is 34.8 Å². The van der Waals surface area contributed by atoms with Crippen molar-refractivity contribution in [3.05, 3.63) is 65.7 Å². The Labute approximate surface area is 191 Å². The molecule has 0 aliphatic heterocycles. The monoisotopic (exact) mass is 478 g/mol. The Bertz CT molecular complexity index is 1110. The van der Waals surface area contributed by atoms with Crippen LogP contribution in [0.2, 0.25) is 5.02 Å². The quantitative estimate of drug-likeness (QED) is 0.415. The molecule has 0 heterocycles. The maximum atomic E-state index is 13.3. The van der Waals surface area contributed by atoms with Crippen molar-refractivity contribution in [3.8, 4) is 5.75 Å². The van der Waals surface area contributed by atoms with E-state index in [4.69, 9.17) is 21.1 Å². The van der Waals surface area contributed by atoms with Gasteiger partial charge in [-0.05, 0) is 55.3 Å². The van der Waals surface area contributed by atoms with Gasteiger partial charge >= 0.3 is 5.97 Å². The van der Waals surface area contributed by atoms with E-state index in [0.717, 1.165) is 23.2 Å². The maximum Gasteiger partial charge on any atom is 0.340 e. The van der Waals surface area contributed by atoms with E-state index in [1.54, 1.807) is 24.3 Å². The first-order valence-electron chi connectivity index (χ1n) is 9.80. The van der Waals surface area contributed by atoms with Crippen molar-refractivity contribution < 1.29 is 27.5 Å². The Morgan fingerprint density at radius 2 is 1.91 bits per heavy atom. The topological polar surface area (TPSA) is 102 Å². The molecule has 170 valence electrons. The van der Waals surface area contributed by atoms with Gasteiger partial charge in [0.1, 0.15) is 5.75 Å². The van der Waals surface area contributed by atoms with Gasteiger partial charge in [-0.25, -0.2) is 13.2 Å². The van der Waals surface area contributed by atoms with Crippen molar-refractivity contribution in [1.29, 1.82) is 0 Å². The SMILES string of the molecule is C=CCN(c1ccc(OC)cc1)S(=O)(=O)c1ccc(Cl)c(C(=O)OCC(=O)NC2CC2)c1. The highest BCUT2D eigenvalue weighted by Crippen LogP contribution is 2.28. The molecule has 0 unspecified atom stereocenters. The molecule has 0 bridgehead atoms. The number of carbonyl (C=O) groups excluding carboxylic acids is 2. The highest BCUT2D eigenvalue weighted by atomic mass is 35.5. The van der Waals surface area contributed by atoms with Crippen LogP contribution in [-0.2, 0) is 19.6 Å². The lowest BCUT2D eigenvalue weighted by Crippen LogP contribution is -2.31. The molecule has 1 aliphatic rings. The van der Waals surface area contributed by atoms with Gasteiger partial charge in [0.2, 0.25) is 0 Å². The number of esters is 1. The smallest absolute Gasteiger partial charge is 0.340 e. The minimum absolute atomic E-state index is 0.00158. The van der Waals surface area contributed by atoms with E-state index in [1.165, 1.54) is 25.3 Å². The summed E-state index contributed by atoms with van der Waals surface area (Å²) in [5.74, 6) is -0.734. The zero-order valence-corrected chi connectivity index (χ0v) is 19.0. The minimum atomic E-state index is -4.07. The lowest BCUT2D eigenvalue weighted by Gasteiger charge is -2.23. The number of amides is 1. The summed E-state index contributed by atoms with van der Waals surface area (Å²) in [6.07, 6.45) is 3.26. The molecule has 2 aromatic carbocycles. The van der Waals surface area contributed by atoms with E-state index in [2.05, 4.69) is 11.9 Å². The second-order valence-corrected chi connectivity index (χ2v) is 9.35. The average Bonchev–Trinajstić information content (AvgIpc) is 3.60. The van der Waals surface area contributed by atoms with Crippen molar-refractivity contribution in [2.45, 2.75) is 23.8 Å². The first-order chi connectivity index (χ1) is 15.3. The third kappa shape index (κ3) is 5.60. The fourth-order valence-corrected chi connectivity index (χ4v) is 4.52. The number of benzene rings is 2. The summed E-state index contributed by atoms with van der Waals surface area (Å²) in [5.41, 5.74) is 0.238. The van der Waals surface area contributed by atoms with Crippen LogP contribution in [0.4, 0.5) is 5.69 Å². The predicted octanol–water partition coefficient (Wildman–Crippen LogP) is 3.17. The average molecular weight is 479 g/mol. The first kappa shape index (κ1) is 23.6. The fraction of sp³-hybridized carbons (Fsp3) is 0.273. The molecule has 0 radical (unpaired) electrons. The van der Waals surface area contributed by atoms with Crippen LogP contribution in [0.1, 0.15) is 23.2 Å². The number of halogens is 1. The number of rotatable bonds is 10. The second-order valence-electron chi connectivity index (χ2n) is 7.08. The van der Waals surface area contributed by atoms with Crippen molar-refractivity contribution in [3.63, 3.8) is 0 Å². The molecule has 3 rings (SSSR count). The van der Waals surface area contributed by atoms with Gasteiger partial charge in [0.15, 0.2) is 6.61 Å². The molecule has 8 nitrogen and oxygen atoms in total. The van der Waals surface area contributed by atoms with Crippen molar-refractivity contribution in [1.82, 2.24) is 5.32 Å². The number of nitrogens with zero attached hydrogens (tertiary/aromatic N) is 1. The predicted molar refractivity (Wildman–Crippen MR) is 121 cm³/mol. The van der Waals surface area contributed by atoms with E-state index in [9.17, 15) is 18.0 Å². The standard InChI is InChI=1S/C22H23ClN2O6S/c1-3-12-25(16-6-8-17(30-2)9-7-16)32(28,29)18-10-11-20(23)19(13-18)22(27)31-14-21(26)24-15-4-5-15/h3,6-11,13,15H,1,4-5,12,14H2,2H3,(H,24,26). The van der Waals surface area contributed by atoms with E-state index in [1.807, 2.05) is 0 Å². The zero-order valence-electron chi connectivity index (χ0n) is 17.4. The Balaban J connectivity index is 1.84. The van der Waals surface area contributed by atoms with Crippen LogP contribution in [0.15, 0.2) is 60.0 Å². The second kappa shape index (κ2) is 10.1. The molecular formula is C22H23ClN2O6S. The lowest BCUT2D eigenvalue weighted by molar-refractivity contribution is -0.124. The third-order valence-corrected chi connectivity index (χ3v) is 6.80. The summed E-state index contributed by atoms with van der Waals surface area (Å²) < 4.78 is 38.0. The van der Waals surface area contributed by atoms with Crippen LogP contribution in [-0.4, -0.2) is 46.6 Å². The lowest BCUT2D eigenvalue weighted by atomic mass is 10.2. The van der Waals surface area contributed by atoms with Gasteiger partial charge in [0.25, 0.3) is 15.9 Å². The summed E-state index contributed by atoms with van der Waals surface area (Å²) in [7, 11) is -2.56. The Morgan fingerprint density at radius 1 is 1.22 bits per heavy atom. The van der Waals surface area contributed by atoms with Crippen molar-refractivity contribution in [2.75, 3.05) is 24.6 Å². The molecule has 1 amide bonds. The minimum Gasteiger partial charge on any atom is -0.497 e. The molecule has 32 heavy (non-hydrogen) atoms. The molecule has 0 aromatic heterocycles. The van der Waals surface area contributed by atoms with Crippen LogP contribution in [0, 0.1) is 0 Å². The summed E-state index contributed by atoms with van der Waals surface area (Å²) in [4.78, 5) is 24.1. The molecule has 1 aliphatic carbocycles. The number of methoxy groups -OCH3 is 1. The van der Waals surface area contributed by atoms with Crippen LogP contribution >= 0.6 is 11.6 Å². The van der Waals surface area contributed by atoms with E-state index in [0.29, 0.717) is 11.4 Å². The van der Waals surface area contributed by atoms with E-state index < -0.39 is 28.5 Å². The normalized spacial score (nSPS) is 13.2. The molecular weight excluding hydrogens is 456 g/mol.